The molecule has 0 unspecified atom stereocenters. The number of nitrogens with zero attached hydrogens (tertiary/aromatic N) is 4. The Morgan fingerprint density at radius 3 is 2.21 bits per heavy atom. The highest BCUT2D eigenvalue weighted by Crippen LogP contribution is 2.32. The molecule has 29 heavy (non-hydrogen) atoms. The van der Waals surface area contributed by atoms with Crippen molar-refractivity contribution in [1.29, 1.82) is 0 Å². The Morgan fingerprint density at radius 1 is 0.793 bits per heavy atom. The summed E-state index contributed by atoms with van der Waals surface area (Å²) in [5.41, 5.74) is 4.49. The van der Waals surface area contributed by atoms with Crippen LogP contribution in [0.15, 0.2) is 66.7 Å². The maximum Gasteiger partial charge on any atom is 0.199 e. The highest BCUT2D eigenvalue weighted by molar-refractivity contribution is 6.42. The monoisotopic (exact) mass is 420 g/mol. The number of aromatic nitrogens is 4. The Kier molecular flexibility index (Phi) is 4.34. The maximum absolute atomic E-state index is 6.30. The Hall–Kier alpha value is -3.15. The molecule has 0 aliphatic carbocycles. The van der Waals surface area contributed by atoms with Crippen molar-refractivity contribution in [3.05, 3.63) is 76.8 Å². The van der Waals surface area contributed by atoms with Crippen LogP contribution in [0.3, 0.4) is 0 Å². The molecule has 7 heteroatoms. The first-order valence-corrected chi connectivity index (χ1v) is 9.65. The largest absolute Gasteiger partial charge is 0.497 e. The summed E-state index contributed by atoms with van der Waals surface area (Å²) in [7, 11) is 1.64. The molecule has 5 aromatic rings. The van der Waals surface area contributed by atoms with Gasteiger partial charge in [0.2, 0.25) is 0 Å². The zero-order chi connectivity index (χ0) is 20.0. The van der Waals surface area contributed by atoms with E-state index in [9.17, 15) is 0 Å². The van der Waals surface area contributed by atoms with Crippen LogP contribution >= 0.6 is 23.2 Å². The number of rotatable bonds is 3. The summed E-state index contributed by atoms with van der Waals surface area (Å²) in [6.07, 6.45) is 0. The lowest BCUT2D eigenvalue weighted by molar-refractivity contribution is 0.415. The van der Waals surface area contributed by atoms with Gasteiger partial charge in [0.1, 0.15) is 11.6 Å². The van der Waals surface area contributed by atoms with Crippen LogP contribution in [0.5, 0.6) is 5.75 Å². The molecule has 0 saturated heterocycles. The first kappa shape index (κ1) is 17.9. The van der Waals surface area contributed by atoms with E-state index in [2.05, 4.69) is 0 Å². The average molecular weight is 421 g/mol. The van der Waals surface area contributed by atoms with Crippen molar-refractivity contribution in [3.63, 3.8) is 0 Å². The van der Waals surface area contributed by atoms with E-state index in [4.69, 9.17) is 42.9 Å². The summed E-state index contributed by atoms with van der Waals surface area (Å²) in [5, 5.41) is 0.947. The van der Waals surface area contributed by atoms with E-state index < -0.39 is 0 Å². The van der Waals surface area contributed by atoms with E-state index in [0.29, 0.717) is 27.2 Å². The van der Waals surface area contributed by atoms with Crippen LogP contribution in [-0.4, -0.2) is 26.6 Å². The number of halogens is 2. The number of hydrogen-bond donors (Lipinski definition) is 0. The second-order valence-corrected chi connectivity index (χ2v) is 7.27. The Morgan fingerprint density at radius 2 is 1.52 bits per heavy atom. The van der Waals surface area contributed by atoms with E-state index in [1.54, 1.807) is 19.2 Å². The molecule has 5 rings (SSSR count). The van der Waals surface area contributed by atoms with Gasteiger partial charge >= 0.3 is 0 Å². The SMILES string of the molecule is COc1ccc(-c2nc3nc4ccccc4nc3n2-c2ccc(Cl)c(Cl)c2)cc1. The summed E-state index contributed by atoms with van der Waals surface area (Å²) in [4.78, 5) is 14.3. The first-order valence-electron chi connectivity index (χ1n) is 8.89. The van der Waals surface area contributed by atoms with Crippen LogP contribution in [0.4, 0.5) is 0 Å². The van der Waals surface area contributed by atoms with Gasteiger partial charge in [-0.2, -0.15) is 0 Å². The Labute approximate surface area is 176 Å². The fourth-order valence-corrected chi connectivity index (χ4v) is 3.55. The zero-order valence-electron chi connectivity index (χ0n) is 15.3. The van der Waals surface area contributed by atoms with Crippen molar-refractivity contribution in [2.75, 3.05) is 7.11 Å². The number of ether oxygens (including phenoxy) is 1. The lowest BCUT2D eigenvalue weighted by Gasteiger charge is -2.10. The van der Waals surface area contributed by atoms with Crippen LogP contribution < -0.4 is 4.74 Å². The van der Waals surface area contributed by atoms with Gasteiger partial charge < -0.3 is 4.74 Å². The molecule has 0 saturated carbocycles. The molecule has 2 heterocycles. The van der Waals surface area contributed by atoms with Gasteiger partial charge in [-0.05, 0) is 54.6 Å². The van der Waals surface area contributed by atoms with Gasteiger partial charge in [0.25, 0.3) is 0 Å². The van der Waals surface area contributed by atoms with Gasteiger partial charge in [0, 0.05) is 5.56 Å². The molecule has 0 radical (unpaired) electrons. The molecule has 142 valence electrons. The van der Waals surface area contributed by atoms with Gasteiger partial charge in [-0.1, -0.05) is 35.3 Å². The average Bonchev–Trinajstić information content (AvgIpc) is 3.12. The van der Waals surface area contributed by atoms with Crippen molar-refractivity contribution in [1.82, 2.24) is 19.5 Å². The van der Waals surface area contributed by atoms with E-state index in [-0.39, 0.29) is 0 Å². The van der Waals surface area contributed by atoms with Crippen molar-refractivity contribution >= 4 is 45.5 Å². The minimum absolute atomic E-state index is 0.459. The fraction of sp³-hybridized carbons (Fsp3) is 0.0455. The number of fused-ring (bicyclic) bond motifs is 2. The predicted octanol–water partition coefficient (Wildman–Crippen LogP) is 5.95. The predicted molar refractivity (Wildman–Crippen MR) is 116 cm³/mol. The molecule has 0 amide bonds. The zero-order valence-corrected chi connectivity index (χ0v) is 16.8. The summed E-state index contributed by atoms with van der Waals surface area (Å²) >= 11 is 12.4. The van der Waals surface area contributed by atoms with Crippen LogP contribution in [0.1, 0.15) is 0 Å². The summed E-state index contributed by atoms with van der Waals surface area (Å²) in [5.74, 6) is 1.48. The Bertz CT molecular complexity index is 1360. The van der Waals surface area contributed by atoms with Crippen LogP contribution in [0, 0.1) is 0 Å². The lowest BCUT2D eigenvalue weighted by Crippen LogP contribution is -1.99. The normalized spacial score (nSPS) is 11.3. The van der Waals surface area contributed by atoms with Crippen LogP contribution in [-0.2, 0) is 0 Å². The molecule has 0 N–H and O–H groups in total. The molecule has 0 bridgehead atoms. The summed E-state index contributed by atoms with van der Waals surface area (Å²) < 4.78 is 7.22. The molecule has 5 nitrogen and oxygen atoms in total. The molecule has 0 spiro atoms. The minimum Gasteiger partial charge on any atom is -0.497 e. The van der Waals surface area contributed by atoms with Gasteiger partial charge in [-0.25, -0.2) is 15.0 Å². The van der Waals surface area contributed by atoms with Crippen molar-refractivity contribution in [2.45, 2.75) is 0 Å². The quantitative estimate of drug-likeness (QED) is 0.361. The van der Waals surface area contributed by atoms with Gasteiger partial charge in [0.05, 0.1) is 33.9 Å². The van der Waals surface area contributed by atoms with Crippen molar-refractivity contribution < 1.29 is 4.74 Å². The standard InChI is InChI=1S/C22H14Cl2N4O/c1-29-15-9-6-13(7-10-15)21-27-20-22(26-19-5-3-2-4-18(19)25-20)28(21)14-8-11-16(23)17(24)12-14/h2-12H,1H3. The minimum atomic E-state index is 0.459. The third-order valence-corrected chi connectivity index (χ3v) is 5.42. The maximum atomic E-state index is 6.30. The highest BCUT2D eigenvalue weighted by atomic mass is 35.5. The van der Waals surface area contributed by atoms with Gasteiger partial charge in [-0.3, -0.25) is 4.57 Å². The number of methoxy groups -OCH3 is 1. The van der Waals surface area contributed by atoms with Gasteiger partial charge in [0.15, 0.2) is 11.3 Å². The van der Waals surface area contributed by atoms with Crippen LogP contribution in [0.25, 0.3) is 39.4 Å². The highest BCUT2D eigenvalue weighted by Gasteiger charge is 2.18. The van der Waals surface area contributed by atoms with Crippen molar-refractivity contribution in [2.24, 2.45) is 0 Å². The second-order valence-electron chi connectivity index (χ2n) is 6.46. The molecular formula is C22H14Cl2N4O. The number of imidazole rings is 1. The third kappa shape index (κ3) is 3.09. The second kappa shape index (κ2) is 7.03. The number of para-hydroxylation sites is 2. The third-order valence-electron chi connectivity index (χ3n) is 4.68. The number of benzene rings is 3. The van der Waals surface area contributed by atoms with Crippen molar-refractivity contribution in [3.8, 4) is 22.8 Å². The topological polar surface area (TPSA) is 52.8 Å². The molecular weight excluding hydrogens is 407 g/mol. The molecule has 0 aliphatic heterocycles. The molecule has 0 fully saturated rings. The fourth-order valence-electron chi connectivity index (χ4n) is 3.26. The molecule has 0 atom stereocenters. The number of hydrogen-bond acceptors (Lipinski definition) is 4. The first-order chi connectivity index (χ1) is 14.1. The van der Waals surface area contributed by atoms with E-state index in [0.717, 1.165) is 28.0 Å². The van der Waals surface area contributed by atoms with Crippen LogP contribution in [0.2, 0.25) is 10.0 Å². The summed E-state index contributed by atoms with van der Waals surface area (Å²) in [6, 6.07) is 20.9. The molecule has 2 aromatic heterocycles. The van der Waals surface area contributed by atoms with Gasteiger partial charge in [-0.15, -0.1) is 0 Å². The lowest BCUT2D eigenvalue weighted by atomic mass is 10.2. The smallest absolute Gasteiger partial charge is 0.199 e. The Balaban J connectivity index is 1.84. The van der Waals surface area contributed by atoms with E-state index in [1.165, 1.54) is 0 Å². The van der Waals surface area contributed by atoms with E-state index >= 15 is 0 Å². The molecule has 3 aromatic carbocycles. The van der Waals surface area contributed by atoms with E-state index in [1.807, 2.05) is 59.2 Å². The summed E-state index contributed by atoms with van der Waals surface area (Å²) in [6.45, 7) is 0. The molecule has 0 aliphatic rings.